The molecule has 2 rings (SSSR count). The predicted molar refractivity (Wildman–Crippen MR) is 81.1 cm³/mol. The Balaban J connectivity index is 2.10. The van der Waals surface area contributed by atoms with Gasteiger partial charge >= 0.3 is 0 Å². The molecule has 0 unspecified atom stereocenters. The minimum atomic E-state index is -0.159. The molecule has 1 heterocycles. The Hall–Kier alpha value is -2.11. The SMILES string of the molecule is Cc1ncc(CO)c(CNc2ccc(CCO)cc2)c1O. The molecule has 0 aliphatic heterocycles. The number of hydrogen-bond donors (Lipinski definition) is 4. The van der Waals surface area contributed by atoms with Gasteiger partial charge in [0.05, 0.1) is 12.3 Å². The molecule has 0 radical (unpaired) electrons. The third-order valence-corrected chi connectivity index (χ3v) is 3.42. The Kier molecular flexibility index (Phi) is 5.14. The van der Waals surface area contributed by atoms with E-state index >= 15 is 0 Å². The van der Waals surface area contributed by atoms with Crippen molar-refractivity contribution in [3.8, 4) is 5.75 Å². The van der Waals surface area contributed by atoms with Gasteiger partial charge in [-0.1, -0.05) is 12.1 Å². The van der Waals surface area contributed by atoms with Crippen LogP contribution in [0.15, 0.2) is 30.5 Å². The number of rotatable bonds is 6. The lowest BCUT2D eigenvalue weighted by atomic mass is 10.1. The number of nitrogens with zero attached hydrogens (tertiary/aromatic N) is 1. The van der Waals surface area contributed by atoms with Crippen LogP contribution in [-0.4, -0.2) is 26.9 Å². The van der Waals surface area contributed by atoms with Crippen LogP contribution >= 0.6 is 0 Å². The predicted octanol–water partition coefficient (Wildman–Crippen LogP) is 1.73. The second-order valence-electron chi connectivity index (χ2n) is 4.88. The Labute approximate surface area is 123 Å². The van der Waals surface area contributed by atoms with E-state index in [9.17, 15) is 10.2 Å². The van der Waals surface area contributed by atoms with Crippen LogP contribution in [0.5, 0.6) is 5.75 Å². The van der Waals surface area contributed by atoms with Crippen LogP contribution in [0.3, 0.4) is 0 Å². The molecule has 0 atom stereocenters. The quantitative estimate of drug-likeness (QED) is 0.650. The normalized spacial score (nSPS) is 10.6. The monoisotopic (exact) mass is 288 g/mol. The smallest absolute Gasteiger partial charge is 0.142 e. The fraction of sp³-hybridized carbons (Fsp3) is 0.312. The maximum atomic E-state index is 10.1. The molecule has 4 N–H and O–H groups in total. The number of aliphatic hydroxyl groups is 2. The summed E-state index contributed by atoms with van der Waals surface area (Å²) in [7, 11) is 0. The first-order chi connectivity index (χ1) is 10.2. The zero-order valence-corrected chi connectivity index (χ0v) is 12.0. The highest BCUT2D eigenvalue weighted by Crippen LogP contribution is 2.25. The molecule has 21 heavy (non-hydrogen) atoms. The average Bonchev–Trinajstić information content (AvgIpc) is 2.50. The van der Waals surface area contributed by atoms with Gasteiger partial charge < -0.3 is 20.6 Å². The Morgan fingerprint density at radius 1 is 1.14 bits per heavy atom. The van der Waals surface area contributed by atoms with Crippen LogP contribution in [-0.2, 0) is 19.6 Å². The number of aryl methyl sites for hydroxylation is 1. The molecule has 0 aliphatic carbocycles. The number of hydrogen-bond acceptors (Lipinski definition) is 5. The van der Waals surface area contributed by atoms with Crippen molar-refractivity contribution in [1.29, 1.82) is 0 Å². The lowest BCUT2D eigenvalue weighted by Gasteiger charge is -2.13. The van der Waals surface area contributed by atoms with Crippen LogP contribution in [0.2, 0.25) is 0 Å². The minimum absolute atomic E-state index is 0.117. The van der Waals surface area contributed by atoms with E-state index in [0.717, 1.165) is 11.3 Å². The molecule has 0 spiro atoms. The molecule has 0 saturated heterocycles. The minimum Gasteiger partial charge on any atom is -0.506 e. The highest BCUT2D eigenvalue weighted by molar-refractivity contribution is 5.48. The molecule has 0 saturated carbocycles. The second-order valence-corrected chi connectivity index (χ2v) is 4.88. The molecule has 5 nitrogen and oxygen atoms in total. The van der Waals surface area contributed by atoms with E-state index in [2.05, 4.69) is 10.3 Å². The van der Waals surface area contributed by atoms with Crippen molar-refractivity contribution in [2.75, 3.05) is 11.9 Å². The number of nitrogens with one attached hydrogen (secondary N) is 1. The van der Waals surface area contributed by atoms with Crippen LogP contribution in [0.25, 0.3) is 0 Å². The van der Waals surface area contributed by atoms with Gasteiger partial charge in [-0.3, -0.25) is 4.98 Å². The third kappa shape index (κ3) is 3.71. The number of anilines is 1. The molecule has 112 valence electrons. The fourth-order valence-corrected chi connectivity index (χ4v) is 2.13. The van der Waals surface area contributed by atoms with Gasteiger partial charge in [-0.05, 0) is 31.0 Å². The average molecular weight is 288 g/mol. The van der Waals surface area contributed by atoms with E-state index < -0.39 is 0 Å². The highest BCUT2D eigenvalue weighted by Gasteiger charge is 2.11. The van der Waals surface area contributed by atoms with Crippen LogP contribution in [0, 0.1) is 6.92 Å². The van der Waals surface area contributed by atoms with Crippen molar-refractivity contribution in [1.82, 2.24) is 4.98 Å². The van der Waals surface area contributed by atoms with Gasteiger partial charge in [0.1, 0.15) is 5.75 Å². The van der Waals surface area contributed by atoms with Crippen LogP contribution < -0.4 is 5.32 Å². The van der Waals surface area contributed by atoms with E-state index in [4.69, 9.17) is 5.11 Å². The summed E-state index contributed by atoms with van der Waals surface area (Å²) < 4.78 is 0. The highest BCUT2D eigenvalue weighted by atomic mass is 16.3. The summed E-state index contributed by atoms with van der Waals surface area (Å²) in [4.78, 5) is 4.04. The number of pyridine rings is 1. The largest absolute Gasteiger partial charge is 0.506 e. The van der Waals surface area contributed by atoms with Crippen molar-refractivity contribution in [2.45, 2.75) is 26.5 Å². The van der Waals surface area contributed by atoms with E-state index in [1.54, 1.807) is 13.1 Å². The Bertz CT molecular complexity index is 597. The molecule has 0 bridgehead atoms. The maximum absolute atomic E-state index is 10.1. The first-order valence-corrected chi connectivity index (χ1v) is 6.86. The summed E-state index contributed by atoms with van der Waals surface area (Å²) in [6.45, 7) is 2.11. The van der Waals surface area contributed by atoms with Crippen LogP contribution in [0.4, 0.5) is 5.69 Å². The number of benzene rings is 1. The molecule has 0 fully saturated rings. The van der Waals surface area contributed by atoms with E-state index in [-0.39, 0.29) is 19.0 Å². The first kappa shape index (κ1) is 15.3. The zero-order valence-electron chi connectivity index (χ0n) is 12.0. The first-order valence-electron chi connectivity index (χ1n) is 6.86. The van der Waals surface area contributed by atoms with Crippen molar-refractivity contribution < 1.29 is 15.3 Å². The summed E-state index contributed by atoms with van der Waals surface area (Å²) in [6, 6.07) is 7.75. The summed E-state index contributed by atoms with van der Waals surface area (Å²) >= 11 is 0. The number of aromatic hydroxyl groups is 1. The van der Waals surface area contributed by atoms with E-state index in [0.29, 0.717) is 29.8 Å². The van der Waals surface area contributed by atoms with Gasteiger partial charge in [-0.15, -0.1) is 0 Å². The van der Waals surface area contributed by atoms with Gasteiger partial charge in [-0.25, -0.2) is 0 Å². The topological polar surface area (TPSA) is 85.6 Å². The van der Waals surface area contributed by atoms with Crippen molar-refractivity contribution in [3.63, 3.8) is 0 Å². The number of aliphatic hydroxyl groups excluding tert-OH is 2. The third-order valence-electron chi connectivity index (χ3n) is 3.42. The molecular weight excluding hydrogens is 268 g/mol. The van der Waals surface area contributed by atoms with Gasteiger partial charge in [0, 0.05) is 36.2 Å². The van der Waals surface area contributed by atoms with E-state index in [1.165, 1.54) is 0 Å². The summed E-state index contributed by atoms with van der Waals surface area (Å²) in [5.41, 5.74) is 3.80. The van der Waals surface area contributed by atoms with Crippen molar-refractivity contribution in [3.05, 3.63) is 52.8 Å². The summed E-state index contributed by atoms with van der Waals surface area (Å²) in [5.74, 6) is 0.117. The summed E-state index contributed by atoms with van der Waals surface area (Å²) in [5, 5.41) is 31.5. The Morgan fingerprint density at radius 3 is 2.48 bits per heavy atom. The van der Waals surface area contributed by atoms with Gasteiger partial charge in [-0.2, -0.15) is 0 Å². The Morgan fingerprint density at radius 2 is 1.86 bits per heavy atom. The van der Waals surface area contributed by atoms with Crippen molar-refractivity contribution >= 4 is 5.69 Å². The molecule has 1 aromatic carbocycles. The van der Waals surface area contributed by atoms with Gasteiger partial charge in [0.15, 0.2) is 0 Å². The lowest BCUT2D eigenvalue weighted by Crippen LogP contribution is -2.05. The van der Waals surface area contributed by atoms with E-state index in [1.807, 2.05) is 24.3 Å². The number of aromatic nitrogens is 1. The fourth-order valence-electron chi connectivity index (χ4n) is 2.13. The second kappa shape index (κ2) is 7.06. The zero-order chi connectivity index (χ0) is 15.2. The van der Waals surface area contributed by atoms with Crippen LogP contribution in [0.1, 0.15) is 22.4 Å². The summed E-state index contributed by atoms with van der Waals surface area (Å²) in [6.07, 6.45) is 2.22. The molecule has 5 heteroatoms. The van der Waals surface area contributed by atoms with Gasteiger partial charge in [0.2, 0.25) is 0 Å². The molecule has 1 aromatic heterocycles. The lowest BCUT2D eigenvalue weighted by molar-refractivity contribution is 0.279. The molecular formula is C16H20N2O3. The molecule has 0 aliphatic rings. The molecule has 2 aromatic rings. The van der Waals surface area contributed by atoms with Gasteiger partial charge in [0.25, 0.3) is 0 Å². The van der Waals surface area contributed by atoms with Crippen molar-refractivity contribution in [2.24, 2.45) is 0 Å². The maximum Gasteiger partial charge on any atom is 0.142 e. The molecule has 0 amide bonds. The standard InChI is InChI=1S/C16H20N2O3/c1-11-16(21)15(13(10-20)8-17-11)9-18-14-4-2-12(3-5-14)6-7-19/h2-5,8,18-21H,6-7,9-10H2,1H3.